The molecule has 0 radical (unpaired) electrons. The van der Waals surface area contributed by atoms with Gasteiger partial charge in [0, 0.05) is 11.3 Å². The maximum absolute atomic E-state index is 12.8. The quantitative estimate of drug-likeness (QED) is 0.716. The topological polar surface area (TPSA) is 78.3 Å². The lowest BCUT2D eigenvalue weighted by molar-refractivity contribution is -0.139. The predicted molar refractivity (Wildman–Crippen MR) is 102 cm³/mol. The van der Waals surface area contributed by atoms with Crippen LogP contribution >= 0.6 is 0 Å². The predicted octanol–water partition coefficient (Wildman–Crippen LogP) is 3.29. The minimum Gasteiger partial charge on any atom is -0.496 e. The third-order valence-electron chi connectivity index (χ3n) is 4.71. The van der Waals surface area contributed by atoms with Crippen molar-refractivity contribution in [3.8, 4) is 5.75 Å². The number of nitrogens with zero attached hydrogens (tertiary/aromatic N) is 3. The minimum absolute atomic E-state index is 0.291. The molecule has 1 aliphatic heterocycles. The highest BCUT2D eigenvalue weighted by atomic mass is 16.5. The molecule has 138 valence electrons. The number of fused-ring (bicyclic) bond motifs is 2. The Kier molecular flexibility index (Phi) is 4.27. The highest BCUT2D eigenvalue weighted by molar-refractivity contribution is 5.96. The fourth-order valence-electron chi connectivity index (χ4n) is 3.57. The van der Waals surface area contributed by atoms with Gasteiger partial charge in [-0.05, 0) is 30.7 Å². The van der Waals surface area contributed by atoms with Crippen LogP contribution in [0.25, 0.3) is 10.8 Å². The Balaban J connectivity index is 2.04. The van der Waals surface area contributed by atoms with Crippen LogP contribution in [0, 0.1) is 0 Å². The molecule has 1 aliphatic rings. The Morgan fingerprint density at radius 1 is 1.26 bits per heavy atom. The number of aromatic nitrogens is 3. The molecule has 1 N–H and O–H groups in total. The molecule has 0 unspecified atom stereocenters. The molecule has 0 saturated carbocycles. The van der Waals surface area contributed by atoms with Gasteiger partial charge in [-0.3, -0.25) is 0 Å². The smallest absolute Gasteiger partial charge is 0.338 e. The van der Waals surface area contributed by atoms with Gasteiger partial charge in [0.05, 0.1) is 19.3 Å². The van der Waals surface area contributed by atoms with Crippen LogP contribution in [0.5, 0.6) is 5.75 Å². The monoisotopic (exact) mass is 364 g/mol. The fraction of sp³-hybridized carbons (Fsp3) is 0.250. The van der Waals surface area contributed by atoms with E-state index in [-0.39, 0.29) is 5.97 Å². The fourth-order valence-corrected chi connectivity index (χ4v) is 3.57. The summed E-state index contributed by atoms with van der Waals surface area (Å²) in [4.78, 5) is 17.1. The van der Waals surface area contributed by atoms with Crippen molar-refractivity contribution in [2.24, 2.45) is 0 Å². The van der Waals surface area contributed by atoms with Crippen molar-refractivity contribution in [3.05, 3.63) is 59.6 Å². The van der Waals surface area contributed by atoms with Crippen LogP contribution in [0.4, 0.5) is 5.95 Å². The molecule has 1 aromatic heterocycles. The van der Waals surface area contributed by atoms with Gasteiger partial charge in [0.1, 0.15) is 18.1 Å². The maximum Gasteiger partial charge on any atom is 0.338 e. The lowest BCUT2D eigenvalue weighted by Crippen LogP contribution is -2.30. The zero-order chi connectivity index (χ0) is 19.0. The second-order valence-corrected chi connectivity index (χ2v) is 6.22. The molecular formula is C20H20N4O3. The van der Waals surface area contributed by atoms with Gasteiger partial charge in [-0.1, -0.05) is 30.3 Å². The number of carbonyl (C=O) groups is 1. The van der Waals surface area contributed by atoms with Gasteiger partial charge in [0.25, 0.3) is 0 Å². The highest BCUT2D eigenvalue weighted by Crippen LogP contribution is 2.42. The molecule has 0 spiro atoms. The summed E-state index contributed by atoms with van der Waals surface area (Å²) in [6, 6.07) is 11.4. The van der Waals surface area contributed by atoms with Gasteiger partial charge < -0.3 is 14.8 Å². The van der Waals surface area contributed by atoms with Crippen molar-refractivity contribution in [3.63, 3.8) is 0 Å². The Hall–Kier alpha value is -3.35. The van der Waals surface area contributed by atoms with Gasteiger partial charge in [0.15, 0.2) is 0 Å². The second kappa shape index (κ2) is 6.75. The van der Waals surface area contributed by atoms with Crippen LogP contribution in [0.15, 0.2) is 54.0 Å². The van der Waals surface area contributed by atoms with Gasteiger partial charge in [-0.2, -0.15) is 10.1 Å². The molecule has 4 rings (SSSR count). The molecule has 0 fully saturated rings. The number of methoxy groups -OCH3 is 1. The molecule has 0 aliphatic carbocycles. The minimum atomic E-state index is -0.510. The number of nitrogens with one attached hydrogen (secondary N) is 1. The summed E-state index contributed by atoms with van der Waals surface area (Å²) in [5, 5.41) is 9.55. The molecule has 0 bridgehead atoms. The average molecular weight is 364 g/mol. The van der Waals surface area contributed by atoms with E-state index in [0.717, 1.165) is 16.3 Å². The third kappa shape index (κ3) is 2.71. The van der Waals surface area contributed by atoms with Crippen molar-refractivity contribution in [2.45, 2.75) is 19.9 Å². The first-order chi connectivity index (χ1) is 13.2. The zero-order valence-electron chi connectivity index (χ0n) is 15.4. The SMILES string of the molecule is CCOC(=O)C1=C(C)Nc2ncnn2[C@H]1c1c(OC)ccc2ccccc12. The number of anilines is 1. The summed E-state index contributed by atoms with van der Waals surface area (Å²) in [5.41, 5.74) is 2.03. The summed E-state index contributed by atoms with van der Waals surface area (Å²) in [6.45, 7) is 3.92. The maximum atomic E-state index is 12.8. The molecular weight excluding hydrogens is 344 g/mol. The van der Waals surface area contributed by atoms with E-state index in [2.05, 4.69) is 15.4 Å². The van der Waals surface area contributed by atoms with Crippen LogP contribution < -0.4 is 10.1 Å². The first-order valence-electron chi connectivity index (χ1n) is 8.75. The normalized spacial score (nSPS) is 16.0. The first kappa shape index (κ1) is 17.1. The van der Waals surface area contributed by atoms with E-state index in [1.807, 2.05) is 43.3 Å². The number of hydrogen-bond donors (Lipinski definition) is 1. The first-order valence-corrected chi connectivity index (χ1v) is 8.75. The number of ether oxygens (including phenoxy) is 2. The standard InChI is InChI=1S/C20H20N4O3/c1-4-27-19(25)16-12(2)23-20-21-11-22-24(20)18(16)17-14-8-6-5-7-13(14)9-10-15(17)26-3/h5-11,18H,4H2,1-3H3,(H,21,22,23)/t18-/m1/s1. The summed E-state index contributed by atoms with van der Waals surface area (Å²) in [7, 11) is 1.62. The van der Waals surface area contributed by atoms with Crippen molar-refractivity contribution in [2.75, 3.05) is 19.0 Å². The lowest BCUT2D eigenvalue weighted by atomic mass is 9.90. The molecule has 2 heterocycles. The van der Waals surface area contributed by atoms with Gasteiger partial charge >= 0.3 is 5.97 Å². The molecule has 27 heavy (non-hydrogen) atoms. The molecule has 3 aromatic rings. The largest absolute Gasteiger partial charge is 0.496 e. The van der Waals surface area contributed by atoms with Gasteiger partial charge in [-0.25, -0.2) is 9.48 Å². The number of benzene rings is 2. The Bertz CT molecular complexity index is 1050. The summed E-state index contributed by atoms with van der Waals surface area (Å²) in [6.07, 6.45) is 1.47. The van der Waals surface area contributed by atoms with Crippen LogP contribution in [0.3, 0.4) is 0 Å². The summed E-state index contributed by atoms with van der Waals surface area (Å²) < 4.78 is 12.7. The zero-order valence-corrected chi connectivity index (χ0v) is 15.4. The Labute approximate surface area is 156 Å². The number of allylic oxidation sites excluding steroid dienone is 1. The molecule has 0 saturated heterocycles. The Morgan fingerprint density at radius 2 is 2.07 bits per heavy atom. The average Bonchev–Trinajstić information content (AvgIpc) is 3.14. The van der Waals surface area contributed by atoms with E-state index in [1.165, 1.54) is 6.33 Å². The summed E-state index contributed by atoms with van der Waals surface area (Å²) in [5.74, 6) is 0.862. The number of carbonyl (C=O) groups excluding carboxylic acids is 1. The molecule has 1 atom stereocenters. The van der Waals surface area contributed by atoms with Crippen LogP contribution in [0.2, 0.25) is 0 Å². The molecule has 0 amide bonds. The highest BCUT2D eigenvalue weighted by Gasteiger charge is 2.36. The number of rotatable bonds is 4. The van der Waals surface area contributed by atoms with Crippen LogP contribution in [-0.4, -0.2) is 34.5 Å². The molecule has 7 nitrogen and oxygen atoms in total. The Morgan fingerprint density at radius 3 is 2.85 bits per heavy atom. The number of esters is 1. The summed E-state index contributed by atoms with van der Waals surface area (Å²) >= 11 is 0. The van der Waals surface area contributed by atoms with E-state index in [4.69, 9.17) is 9.47 Å². The molecule has 7 heteroatoms. The van der Waals surface area contributed by atoms with E-state index in [1.54, 1.807) is 18.7 Å². The molecule has 2 aromatic carbocycles. The lowest BCUT2D eigenvalue weighted by Gasteiger charge is -2.29. The van der Waals surface area contributed by atoms with Crippen molar-refractivity contribution in [1.82, 2.24) is 14.8 Å². The van der Waals surface area contributed by atoms with E-state index in [9.17, 15) is 4.79 Å². The van der Waals surface area contributed by atoms with Gasteiger partial charge in [0.2, 0.25) is 5.95 Å². The van der Waals surface area contributed by atoms with Crippen LogP contribution in [0.1, 0.15) is 25.5 Å². The van der Waals surface area contributed by atoms with Crippen molar-refractivity contribution in [1.29, 1.82) is 0 Å². The van der Waals surface area contributed by atoms with E-state index < -0.39 is 6.04 Å². The second-order valence-electron chi connectivity index (χ2n) is 6.22. The van der Waals surface area contributed by atoms with E-state index in [0.29, 0.717) is 29.6 Å². The van der Waals surface area contributed by atoms with Crippen LogP contribution in [-0.2, 0) is 9.53 Å². The van der Waals surface area contributed by atoms with Crippen molar-refractivity contribution >= 4 is 22.7 Å². The van der Waals surface area contributed by atoms with Crippen molar-refractivity contribution < 1.29 is 14.3 Å². The van der Waals surface area contributed by atoms with E-state index >= 15 is 0 Å². The number of hydrogen-bond acceptors (Lipinski definition) is 6. The van der Waals surface area contributed by atoms with Gasteiger partial charge in [-0.15, -0.1) is 0 Å². The third-order valence-corrected chi connectivity index (χ3v) is 4.71.